The van der Waals surface area contributed by atoms with Crippen LogP contribution in [0.4, 0.5) is 0 Å². The summed E-state index contributed by atoms with van der Waals surface area (Å²) in [7, 11) is 1.96. The molecule has 1 aromatic rings. The van der Waals surface area contributed by atoms with E-state index in [2.05, 4.69) is 11.4 Å². The van der Waals surface area contributed by atoms with Gasteiger partial charge in [0, 0.05) is 24.7 Å². The molecule has 1 aliphatic carbocycles. The molecule has 3 nitrogen and oxygen atoms in total. The van der Waals surface area contributed by atoms with Gasteiger partial charge in [-0.05, 0) is 43.5 Å². The molecule has 1 heterocycles. The van der Waals surface area contributed by atoms with Crippen LogP contribution in [0.25, 0.3) is 0 Å². The van der Waals surface area contributed by atoms with E-state index >= 15 is 0 Å². The molecule has 3 rings (SSSR count). The molecule has 0 bridgehead atoms. The van der Waals surface area contributed by atoms with Crippen molar-refractivity contribution in [3.8, 4) is 0 Å². The summed E-state index contributed by atoms with van der Waals surface area (Å²) in [5, 5.41) is 4.06. The Morgan fingerprint density at radius 3 is 2.76 bits per heavy atom. The summed E-state index contributed by atoms with van der Waals surface area (Å²) in [6, 6.07) is 8.21. The number of nitrogens with zero attached hydrogens (tertiary/aromatic N) is 1. The monoisotopic (exact) mass is 306 g/mol. The third-order valence-corrected chi connectivity index (χ3v) is 5.38. The van der Waals surface area contributed by atoms with Crippen molar-refractivity contribution in [1.29, 1.82) is 0 Å². The lowest BCUT2D eigenvalue weighted by Crippen LogP contribution is -2.48. The first-order chi connectivity index (χ1) is 10.1. The van der Waals surface area contributed by atoms with E-state index in [-0.39, 0.29) is 11.3 Å². The molecule has 21 heavy (non-hydrogen) atoms. The van der Waals surface area contributed by atoms with E-state index in [0.717, 1.165) is 55.8 Å². The summed E-state index contributed by atoms with van der Waals surface area (Å²) < 4.78 is 0. The van der Waals surface area contributed by atoms with Crippen LogP contribution in [0.5, 0.6) is 0 Å². The van der Waals surface area contributed by atoms with Gasteiger partial charge in [-0.15, -0.1) is 0 Å². The van der Waals surface area contributed by atoms with Crippen molar-refractivity contribution in [2.24, 2.45) is 0 Å². The van der Waals surface area contributed by atoms with Crippen molar-refractivity contribution < 1.29 is 4.79 Å². The fourth-order valence-electron chi connectivity index (χ4n) is 3.86. The van der Waals surface area contributed by atoms with Crippen LogP contribution < -0.4 is 5.32 Å². The number of carbonyl (C=O) groups excluding carboxylic acids is 1. The number of amides is 1. The van der Waals surface area contributed by atoms with E-state index in [9.17, 15) is 4.79 Å². The minimum atomic E-state index is -0.359. The molecule has 2 aliphatic rings. The van der Waals surface area contributed by atoms with Gasteiger partial charge in [-0.1, -0.05) is 36.6 Å². The molecular weight excluding hydrogens is 284 g/mol. The molecule has 1 aliphatic heterocycles. The van der Waals surface area contributed by atoms with Crippen LogP contribution in [0.15, 0.2) is 24.3 Å². The first-order valence-electron chi connectivity index (χ1n) is 7.87. The van der Waals surface area contributed by atoms with Crippen LogP contribution in [-0.2, 0) is 10.2 Å². The first-order valence-corrected chi connectivity index (χ1v) is 8.25. The van der Waals surface area contributed by atoms with Crippen molar-refractivity contribution in [3.63, 3.8) is 0 Å². The number of likely N-dealkylation sites (N-methyl/N-ethyl adjacent to an activating group) is 1. The van der Waals surface area contributed by atoms with Gasteiger partial charge < -0.3 is 10.2 Å². The van der Waals surface area contributed by atoms with E-state index in [1.807, 2.05) is 30.1 Å². The maximum absolute atomic E-state index is 13.2. The van der Waals surface area contributed by atoms with Crippen LogP contribution in [-0.4, -0.2) is 37.0 Å². The van der Waals surface area contributed by atoms with Gasteiger partial charge in [0.05, 0.1) is 5.41 Å². The Hall–Kier alpha value is -1.06. The predicted molar refractivity (Wildman–Crippen MR) is 85.6 cm³/mol. The molecule has 2 fully saturated rings. The lowest BCUT2D eigenvalue weighted by molar-refractivity contribution is -0.137. The number of benzene rings is 1. The number of carbonyl (C=O) groups is 1. The van der Waals surface area contributed by atoms with Crippen molar-refractivity contribution in [1.82, 2.24) is 10.2 Å². The summed E-state index contributed by atoms with van der Waals surface area (Å²) >= 11 is 6.16. The average Bonchev–Trinajstić information content (AvgIpc) is 3.17. The topological polar surface area (TPSA) is 32.3 Å². The van der Waals surface area contributed by atoms with E-state index in [1.54, 1.807) is 0 Å². The Morgan fingerprint density at radius 1 is 1.38 bits per heavy atom. The van der Waals surface area contributed by atoms with E-state index in [4.69, 9.17) is 11.6 Å². The zero-order valence-electron chi connectivity index (χ0n) is 12.6. The highest BCUT2D eigenvalue weighted by Gasteiger charge is 2.45. The highest BCUT2D eigenvalue weighted by molar-refractivity contribution is 6.30. The fourth-order valence-corrected chi connectivity index (χ4v) is 4.05. The molecule has 0 radical (unpaired) electrons. The van der Waals surface area contributed by atoms with Gasteiger partial charge in [0.25, 0.3) is 0 Å². The van der Waals surface area contributed by atoms with E-state index in [1.165, 1.54) is 0 Å². The van der Waals surface area contributed by atoms with Crippen LogP contribution in [0.3, 0.4) is 0 Å². The molecule has 0 spiro atoms. The van der Waals surface area contributed by atoms with Gasteiger partial charge in [-0.2, -0.15) is 0 Å². The van der Waals surface area contributed by atoms with Crippen LogP contribution in [0.1, 0.15) is 37.7 Å². The number of rotatable bonds is 3. The largest absolute Gasteiger partial charge is 0.341 e. The molecule has 114 valence electrons. The minimum absolute atomic E-state index is 0.274. The highest BCUT2D eigenvalue weighted by Crippen LogP contribution is 2.43. The second-order valence-corrected chi connectivity index (χ2v) is 6.80. The lowest BCUT2D eigenvalue weighted by Gasteiger charge is -2.35. The maximum Gasteiger partial charge on any atom is 0.233 e. The molecule has 1 amide bonds. The normalized spacial score (nSPS) is 24.2. The van der Waals surface area contributed by atoms with E-state index < -0.39 is 0 Å². The second kappa shape index (κ2) is 5.98. The van der Waals surface area contributed by atoms with Gasteiger partial charge in [0.15, 0.2) is 0 Å². The molecule has 1 unspecified atom stereocenters. The number of nitrogens with one attached hydrogen (secondary N) is 1. The Bertz CT molecular complexity index is 519. The summed E-state index contributed by atoms with van der Waals surface area (Å²) in [6.45, 7) is 1.92. The first kappa shape index (κ1) is 14.9. The molecule has 4 heteroatoms. The molecule has 1 aromatic carbocycles. The average molecular weight is 307 g/mol. The summed E-state index contributed by atoms with van der Waals surface area (Å²) in [5.41, 5.74) is 0.734. The zero-order chi connectivity index (χ0) is 14.9. The summed E-state index contributed by atoms with van der Waals surface area (Å²) in [5.74, 6) is 0.274. The molecule has 1 N–H and O–H groups in total. The fraction of sp³-hybridized carbons (Fsp3) is 0.588. The van der Waals surface area contributed by atoms with Crippen molar-refractivity contribution in [2.45, 2.75) is 43.6 Å². The van der Waals surface area contributed by atoms with Gasteiger partial charge in [-0.3, -0.25) is 4.79 Å². The molecule has 1 saturated carbocycles. The molecule has 1 saturated heterocycles. The molecular formula is C17H23ClN2O. The quantitative estimate of drug-likeness (QED) is 0.931. The van der Waals surface area contributed by atoms with Crippen molar-refractivity contribution >= 4 is 17.5 Å². The number of hydrogen-bond donors (Lipinski definition) is 1. The molecule has 0 aromatic heterocycles. The second-order valence-electron chi connectivity index (χ2n) is 6.36. The SMILES string of the molecule is CN(C(=O)C1(c2cccc(Cl)c2)CCCC1)C1CCNC1. The van der Waals surface area contributed by atoms with Gasteiger partial charge in [0.1, 0.15) is 0 Å². The third kappa shape index (κ3) is 2.69. The molecule has 1 atom stereocenters. The van der Waals surface area contributed by atoms with Crippen molar-refractivity contribution in [2.75, 3.05) is 20.1 Å². The summed E-state index contributed by atoms with van der Waals surface area (Å²) in [6.07, 6.45) is 5.17. The Balaban J connectivity index is 1.91. The Labute approximate surface area is 131 Å². The van der Waals surface area contributed by atoms with Crippen LogP contribution in [0.2, 0.25) is 5.02 Å². The Morgan fingerprint density at radius 2 is 2.14 bits per heavy atom. The van der Waals surface area contributed by atoms with Gasteiger partial charge in [-0.25, -0.2) is 0 Å². The smallest absolute Gasteiger partial charge is 0.233 e. The highest BCUT2D eigenvalue weighted by atomic mass is 35.5. The standard InChI is InChI=1S/C17H23ClN2O/c1-20(15-7-10-19-12-15)16(21)17(8-2-3-9-17)13-5-4-6-14(18)11-13/h4-6,11,15,19H,2-3,7-10,12H2,1H3. The van der Waals surface area contributed by atoms with Crippen LogP contribution >= 0.6 is 11.6 Å². The van der Waals surface area contributed by atoms with Gasteiger partial charge >= 0.3 is 0 Å². The summed E-state index contributed by atoms with van der Waals surface area (Å²) in [4.78, 5) is 15.2. The predicted octanol–water partition coefficient (Wildman–Crippen LogP) is 2.97. The van der Waals surface area contributed by atoms with Crippen molar-refractivity contribution in [3.05, 3.63) is 34.9 Å². The third-order valence-electron chi connectivity index (χ3n) is 5.15. The number of halogens is 1. The van der Waals surface area contributed by atoms with E-state index in [0.29, 0.717) is 6.04 Å². The van der Waals surface area contributed by atoms with Gasteiger partial charge in [0.2, 0.25) is 5.91 Å². The number of hydrogen-bond acceptors (Lipinski definition) is 2. The Kier molecular flexibility index (Phi) is 4.23. The zero-order valence-corrected chi connectivity index (χ0v) is 13.3. The minimum Gasteiger partial charge on any atom is -0.341 e. The van der Waals surface area contributed by atoms with Crippen LogP contribution in [0, 0.1) is 0 Å². The maximum atomic E-state index is 13.2. The lowest BCUT2D eigenvalue weighted by atomic mass is 9.77.